The SMILES string of the molecule is CCCCCCCCCCCCC1CC(=O)OC1=O.NCC(=O)O. The fourth-order valence-electron chi connectivity index (χ4n) is 2.62. The Bertz CT molecular complexity index is 370. The number of esters is 2. The molecule has 1 unspecified atom stereocenters. The van der Waals surface area contributed by atoms with Gasteiger partial charge in [0, 0.05) is 0 Å². The second-order valence-corrected chi connectivity index (χ2v) is 6.26. The van der Waals surface area contributed by atoms with Gasteiger partial charge < -0.3 is 15.6 Å². The Morgan fingerprint density at radius 2 is 1.50 bits per heavy atom. The van der Waals surface area contributed by atoms with Gasteiger partial charge in [-0.2, -0.15) is 0 Å². The summed E-state index contributed by atoms with van der Waals surface area (Å²) in [5.41, 5.74) is 4.57. The van der Waals surface area contributed by atoms with Gasteiger partial charge in [-0.25, -0.2) is 0 Å². The van der Waals surface area contributed by atoms with Crippen LogP contribution in [-0.2, 0) is 19.1 Å². The molecule has 0 aromatic carbocycles. The van der Waals surface area contributed by atoms with E-state index >= 15 is 0 Å². The summed E-state index contributed by atoms with van der Waals surface area (Å²) in [6.07, 6.45) is 14.1. The molecule has 6 nitrogen and oxygen atoms in total. The van der Waals surface area contributed by atoms with Gasteiger partial charge in [0.25, 0.3) is 0 Å². The van der Waals surface area contributed by atoms with E-state index in [1.165, 1.54) is 57.8 Å². The minimum atomic E-state index is -0.968. The molecular weight excluding hydrogens is 310 g/mol. The van der Waals surface area contributed by atoms with Gasteiger partial charge in [0.05, 0.1) is 18.9 Å². The van der Waals surface area contributed by atoms with Crippen molar-refractivity contribution < 1.29 is 24.2 Å². The van der Waals surface area contributed by atoms with Gasteiger partial charge in [0.1, 0.15) is 0 Å². The van der Waals surface area contributed by atoms with Crippen LogP contribution in [0.2, 0.25) is 0 Å². The molecule has 0 radical (unpaired) electrons. The number of hydrogen-bond acceptors (Lipinski definition) is 5. The molecule has 1 aliphatic heterocycles. The van der Waals surface area contributed by atoms with Crippen LogP contribution in [0, 0.1) is 5.92 Å². The van der Waals surface area contributed by atoms with Crippen LogP contribution in [0.3, 0.4) is 0 Å². The lowest BCUT2D eigenvalue weighted by molar-refractivity contribution is -0.153. The normalized spacial score (nSPS) is 16.5. The first-order valence-corrected chi connectivity index (χ1v) is 9.17. The third-order valence-electron chi connectivity index (χ3n) is 4.04. The Morgan fingerprint density at radius 1 is 1.04 bits per heavy atom. The molecule has 0 amide bonds. The highest BCUT2D eigenvalue weighted by atomic mass is 16.6. The Morgan fingerprint density at radius 3 is 1.88 bits per heavy atom. The standard InChI is InChI=1S/C16H28O3.C2H5NO2/c1-2-3-4-5-6-7-8-9-10-11-12-14-13-15(17)19-16(14)18;3-1-2(4)5/h14H,2-13H2,1H3;1,3H2,(H,4,5). The molecule has 1 atom stereocenters. The monoisotopic (exact) mass is 343 g/mol. The number of carbonyl (C=O) groups excluding carboxylic acids is 2. The maximum Gasteiger partial charge on any atom is 0.317 e. The third kappa shape index (κ3) is 13.0. The summed E-state index contributed by atoms with van der Waals surface area (Å²) < 4.78 is 4.54. The molecule has 1 heterocycles. The second kappa shape index (κ2) is 15.1. The number of nitrogens with two attached hydrogens (primary N) is 1. The average Bonchev–Trinajstić information content (AvgIpc) is 2.87. The quantitative estimate of drug-likeness (QED) is 0.319. The van der Waals surface area contributed by atoms with E-state index in [0.29, 0.717) is 6.42 Å². The number of cyclic esters (lactones) is 2. The predicted octanol–water partition coefficient (Wildman–Crippen LogP) is 3.42. The molecule has 1 rings (SSSR count). The summed E-state index contributed by atoms with van der Waals surface area (Å²) in [7, 11) is 0. The van der Waals surface area contributed by atoms with Crippen LogP contribution >= 0.6 is 0 Å². The van der Waals surface area contributed by atoms with Crippen LogP contribution in [0.15, 0.2) is 0 Å². The lowest BCUT2D eigenvalue weighted by atomic mass is 9.99. The van der Waals surface area contributed by atoms with E-state index in [2.05, 4.69) is 17.4 Å². The van der Waals surface area contributed by atoms with Crippen molar-refractivity contribution in [3.63, 3.8) is 0 Å². The number of carbonyl (C=O) groups is 3. The Labute approximate surface area is 145 Å². The van der Waals surface area contributed by atoms with Gasteiger partial charge in [0.15, 0.2) is 0 Å². The van der Waals surface area contributed by atoms with Crippen molar-refractivity contribution in [3.05, 3.63) is 0 Å². The van der Waals surface area contributed by atoms with Gasteiger partial charge in [-0.15, -0.1) is 0 Å². The highest BCUT2D eigenvalue weighted by Crippen LogP contribution is 2.22. The number of carboxylic acids is 1. The second-order valence-electron chi connectivity index (χ2n) is 6.26. The van der Waals surface area contributed by atoms with Gasteiger partial charge in [-0.05, 0) is 6.42 Å². The topological polar surface area (TPSA) is 107 Å². The highest BCUT2D eigenvalue weighted by molar-refractivity contribution is 5.94. The molecule has 1 aliphatic rings. The predicted molar refractivity (Wildman–Crippen MR) is 92.4 cm³/mol. The molecule has 0 saturated carbocycles. The van der Waals surface area contributed by atoms with Crippen molar-refractivity contribution in [2.75, 3.05) is 6.54 Å². The highest BCUT2D eigenvalue weighted by Gasteiger charge is 2.32. The third-order valence-corrected chi connectivity index (χ3v) is 4.04. The van der Waals surface area contributed by atoms with E-state index in [-0.39, 0.29) is 24.4 Å². The number of hydrogen-bond donors (Lipinski definition) is 2. The first-order chi connectivity index (χ1) is 11.5. The van der Waals surface area contributed by atoms with Crippen molar-refractivity contribution in [1.82, 2.24) is 0 Å². The first kappa shape index (κ1) is 22.6. The Hall–Kier alpha value is -1.43. The zero-order chi connectivity index (χ0) is 18.2. The van der Waals surface area contributed by atoms with E-state index < -0.39 is 5.97 Å². The maximum atomic E-state index is 11.2. The van der Waals surface area contributed by atoms with Crippen LogP contribution in [0.4, 0.5) is 0 Å². The number of unbranched alkanes of at least 4 members (excludes halogenated alkanes) is 9. The average molecular weight is 343 g/mol. The molecule has 1 saturated heterocycles. The lowest BCUT2D eigenvalue weighted by Crippen LogP contribution is -2.10. The molecule has 0 bridgehead atoms. The molecule has 6 heteroatoms. The fraction of sp³-hybridized carbons (Fsp3) is 0.833. The fourth-order valence-corrected chi connectivity index (χ4v) is 2.62. The van der Waals surface area contributed by atoms with Gasteiger partial charge in [-0.1, -0.05) is 71.1 Å². The van der Waals surface area contributed by atoms with Gasteiger partial charge in [-0.3, -0.25) is 14.4 Å². The van der Waals surface area contributed by atoms with Crippen molar-refractivity contribution in [2.24, 2.45) is 11.7 Å². The molecule has 0 aromatic heterocycles. The number of aliphatic carboxylic acids is 1. The smallest absolute Gasteiger partial charge is 0.317 e. The van der Waals surface area contributed by atoms with E-state index in [9.17, 15) is 14.4 Å². The molecule has 0 spiro atoms. The van der Waals surface area contributed by atoms with Gasteiger partial charge in [0.2, 0.25) is 0 Å². The minimum absolute atomic E-state index is 0.151. The molecular formula is C18H33NO5. The Balaban J connectivity index is 0.000000922. The summed E-state index contributed by atoms with van der Waals surface area (Å²) in [4.78, 5) is 31.4. The van der Waals surface area contributed by atoms with Crippen molar-refractivity contribution >= 4 is 17.9 Å². The summed E-state index contributed by atoms with van der Waals surface area (Å²) in [5, 5.41) is 7.60. The van der Waals surface area contributed by atoms with Gasteiger partial charge >= 0.3 is 17.9 Å². The zero-order valence-corrected chi connectivity index (χ0v) is 14.9. The summed E-state index contributed by atoms with van der Waals surface area (Å²) in [5.74, 6) is -1.77. The van der Waals surface area contributed by atoms with Crippen molar-refractivity contribution in [3.8, 4) is 0 Å². The molecule has 1 fully saturated rings. The molecule has 0 aromatic rings. The molecule has 3 N–H and O–H groups in total. The van der Waals surface area contributed by atoms with E-state index in [4.69, 9.17) is 5.11 Å². The molecule has 140 valence electrons. The molecule has 24 heavy (non-hydrogen) atoms. The largest absolute Gasteiger partial charge is 0.480 e. The van der Waals surface area contributed by atoms with Crippen LogP contribution < -0.4 is 5.73 Å². The maximum absolute atomic E-state index is 11.2. The zero-order valence-electron chi connectivity index (χ0n) is 14.9. The minimum Gasteiger partial charge on any atom is -0.480 e. The number of rotatable bonds is 12. The van der Waals surface area contributed by atoms with E-state index in [0.717, 1.165) is 12.8 Å². The van der Waals surface area contributed by atoms with Crippen molar-refractivity contribution in [2.45, 2.75) is 84.0 Å². The van der Waals surface area contributed by atoms with Crippen LogP contribution in [0.5, 0.6) is 0 Å². The van der Waals surface area contributed by atoms with Crippen LogP contribution in [-0.4, -0.2) is 29.6 Å². The number of carboxylic acid groups (broad SMARTS) is 1. The van der Waals surface area contributed by atoms with Crippen LogP contribution in [0.1, 0.15) is 84.0 Å². The first-order valence-electron chi connectivity index (χ1n) is 9.17. The van der Waals surface area contributed by atoms with Crippen molar-refractivity contribution in [1.29, 1.82) is 0 Å². The summed E-state index contributed by atoms with van der Waals surface area (Å²) in [6, 6.07) is 0. The van der Waals surface area contributed by atoms with E-state index in [1.54, 1.807) is 0 Å². The summed E-state index contributed by atoms with van der Waals surface area (Å²) >= 11 is 0. The number of ether oxygens (including phenoxy) is 1. The van der Waals surface area contributed by atoms with E-state index in [1.807, 2.05) is 0 Å². The van der Waals surface area contributed by atoms with Crippen LogP contribution in [0.25, 0.3) is 0 Å². The molecule has 0 aliphatic carbocycles. The summed E-state index contributed by atoms with van der Waals surface area (Å²) in [6.45, 7) is 1.97. The Kier molecular flexibility index (Phi) is 14.2. The lowest BCUT2D eigenvalue weighted by Gasteiger charge is -2.04.